The number of hydrogen-bond acceptors (Lipinski definition) is 3. The highest BCUT2D eigenvalue weighted by atomic mass is 16.5. The molecule has 128 valence electrons. The van der Waals surface area contributed by atoms with Crippen molar-refractivity contribution in [1.82, 2.24) is 0 Å². The molecule has 2 aliphatic carbocycles. The lowest BCUT2D eigenvalue weighted by Crippen LogP contribution is -2.28. The van der Waals surface area contributed by atoms with Gasteiger partial charge in [0.25, 0.3) is 0 Å². The maximum Gasteiger partial charge on any atom is 0.0722 e. The van der Waals surface area contributed by atoms with Crippen LogP contribution in [0, 0.1) is 17.8 Å². The molecule has 0 heterocycles. The molecule has 23 heavy (non-hydrogen) atoms. The summed E-state index contributed by atoms with van der Waals surface area (Å²) in [4.78, 5) is 0. The molecule has 3 heteroatoms. The van der Waals surface area contributed by atoms with E-state index in [1.165, 1.54) is 51.4 Å². The zero-order valence-electron chi connectivity index (χ0n) is 14.5. The van der Waals surface area contributed by atoms with E-state index in [2.05, 4.69) is 6.92 Å². The van der Waals surface area contributed by atoms with E-state index >= 15 is 0 Å². The van der Waals surface area contributed by atoms with Gasteiger partial charge < -0.3 is 16.2 Å². The lowest BCUT2D eigenvalue weighted by Gasteiger charge is -2.37. The first-order valence-corrected chi connectivity index (χ1v) is 9.36. The summed E-state index contributed by atoms with van der Waals surface area (Å²) in [6.45, 7) is 3.04. The average molecular weight is 316 g/mol. The van der Waals surface area contributed by atoms with Crippen molar-refractivity contribution in [3.8, 4) is 0 Å². The molecule has 2 aliphatic rings. The Morgan fingerprint density at radius 1 is 0.826 bits per heavy atom. The molecule has 3 rings (SSSR count). The van der Waals surface area contributed by atoms with E-state index in [9.17, 15) is 0 Å². The van der Waals surface area contributed by atoms with Crippen LogP contribution in [-0.4, -0.2) is 6.10 Å². The summed E-state index contributed by atoms with van der Waals surface area (Å²) >= 11 is 0. The number of nitrogens with two attached hydrogens (primary N) is 2. The van der Waals surface area contributed by atoms with E-state index in [1.54, 1.807) is 6.07 Å². The zero-order chi connectivity index (χ0) is 16.2. The highest BCUT2D eigenvalue weighted by molar-refractivity contribution is 5.54. The topological polar surface area (TPSA) is 61.3 Å². The molecule has 0 spiro atoms. The fourth-order valence-corrected chi connectivity index (χ4v) is 4.53. The number of anilines is 2. The van der Waals surface area contributed by atoms with Crippen molar-refractivity contribution in [3.63, 3.8) is 0 Å². The first-order chi connectivity index (χ1) is 11.1. The molecular formula is C20H32N2O. The lowest BCUT2D eigenvalue weighted by molar-refractivity contribution is -0.00251. The van der Waals surface area contributed by atoms with Gasteiger partial charge in [0, 0.05) is 11.4 Å². The van der Waals surface area contributed by atoms with Gasteiger partial charge in [0.1, 0.15) is 0 Å². The molecule has 4 N–H and O–H groups in total. The third-order valence-electron chi connectivity index (χ3n) is 5.97. The Hall–Kier alpha value is -1.22. The van der Waals surface area contributed by atoms with Gasteiger partial charge in [-0.1, -0.05) is 19.8 Å². The highest BCUT2D eigenvalue weighted by Gasteiger charge is 2.30. The third kappa shape index (κ3) is 4.63. The minimum absolute atomic E-state index is 0.413. The van der Waals surface area contributed by atoms with E-state index in [0.29, 0.717) is 12.7 Å². The fourth-order valence-electron chi connectivity index (χ4n) is 4.53. The second-order valence-corrected chi connectivity index (χ2v) is 7.88. The Labute approximate surface area is 140 Å². The molecular weight excluding hydrogens is 284 g/mol. The van der Waals surface area contributed by atoms with Crippen molar-refractivity contribution in [2.45, 2.75) is 71.0 Å². The fraction of sp³-hybridized carbons (Fsp3) is 0.700. The van der Waals surface area contributed by atoms with E-state index in [0.717, 1.165) is 34.7 Å². The smallest absolute Gasteiger partial charge is 0.0722 e. The van der Waals surface area contributed by atoms with Crippen LogP contribution in [-0.2, 0) is 11.3 Å². The quantitative estimate of drug-likeness (QED) is 0.788. The number of nitrogen functional groups attached to an aromatic ring is 2. The van der Waals surface area contributed by atoms with Crippen LogP contribution < -0.4 is 11.5 Å². The molecule has 2 saturated carbocycles. The Kier molecular flexibility index (Phi) is 5.47. The van der Waals surface area contributed by atoms with Crippen LogP contribution in [0.15, 0.2) is 18.2 Å². The van der Waals surface area contributed by atoms with Gasteiger partial charge in [-0.25, -0.2) is 0 Å². The van der Waals surface area contributed by atoms with E-state index in [-0.39, 0.29) is 0 Å². The second kappa shape index (κ2) is 7.57. The van der Waals surface area contributed by atoms with Gasteiger partial charge in [-0.05, 0) is 80.0 Å². The van der Waals surface area contributed by atoms with Crippen LogP contribution in [0.2, 0.25) is 0 Å². The van der Waals surface area contributed by atoms with Crippen LogP contribution in [0.3, 0.4) is 0 Å². The summed E-state index contributed by atoms with van der Waals surface area (Å²) in [5, 5.41) is 0. The molecule has 1 aromatic rings. The van der Waals surface area contributed by atoms with Gasteiger partial charge in [-0.15, -0.1) is 0 Å². The summed E-state index contributed by atoms with van der Waals surface area (Å²) in [5.74, 6) is 2.89. The zero-order valence-corrected chi connectivity index (χ0v) is 14.5. The van der Waals surface area contributed by atoms with Crippen molar-refractivity contribution in [1.29, 1.82) is 0 Å². The monoisotopic (exact) mass is 316 g/mol. The lowest BCUT2D eigenvalue weighted by atomic mass is 9.71. The molecule has 0 amide bonds. The molecule has 0 unspecified atom stereocenters. The highest BCUT2D eigenvalue weighted by Crippen LogP contribution is 2.40. The molecule has 0 saturated heterocycles. The van der Waals surface area contributed by atoms with E-state index in [1.807, 2.05) is 12.1 Å². The van der Waals surface area contributed by atoms with Crippen LogP contribution in [0.4, 0.5) is 11.4 Å². The van der Waals surface area contributed by atoms with Gasteiger partial charge in [0.15, 0.2) is 0 Å². The van der Waals surface area contributed by atoms with Crippen molar-refractivity contribution in [3.05, 3.63) is 23.8 Å². The standard InChI is InChI=1S/C20H32N2O/c1-14-2-4-16(5-3-14)17-6-8-20(9-7-17)23-13-15-10-18(21)12-19(22)11-15/h10-12,14,16-17,20H,2-9,13,21-22H2,1H3. The first-order valence-electron chi connectivity index (χ1n) is 9.36. The number of benzene rings is 1. The molecule has 0 aromatic heterocycles. The summed E-state index contributed by atoms with van der Waals surface area (Å²) in [6, 6.07) is 5.72. The van der Waals surface area contributed by atoms with Crippen LogP contribution in [0.5, 0.6) is 0 Å². The Bertz CT molecular complexity index is 480. The number of hydrogen-bond donors (Lipinski definition) is 2. The van der Waals surface area contributed by atoms with E-state index < -0.39 is 0 Å². The average Bonchev–Trinajstić information content (AvgIpc) is 2.53. The molecule has 3 nitrogen and oxygen atoms in total. The van der Waals surface area contributed by atoms with Crippen LogP contribution >= 0.6 is 0 Å². The molecule has 0 radical (unpaired) electrons. The van der Waals surface area contributed by atoms with Crippen molar-refractivity contribution in [2.75, 3.05) is 11.5 Å². The maximum absolute atomic E-state index is 6.12. The van der Waals surface area contributed by atoms with E-state index in [4.69, 9.17) is 16.2 Å². The molecule has 0 bridgehead atoms. The van der Waals surface area contributed by atoms with Gasteiger partial charge >= 0.3 is 0 Å². The van der Waals surface area contributed by atoms with Gasteiger partial charge in [-0.3, -0.25) is 0 Å². The minimum atomic E-state index is 0.413. The van der Waals surface area contributed by atoms with Gasteiger partial charge in [0.05, 0.1) is 12.7 Å². The summed E-state index contributed by atoms with van der Waals surface area (Å²) in [6.07, 6.45) is 11.3. The second-order valence-electron chi connectivity index (χ2n) is 7.88. The predicted molar refractivity (Wildman–Crippen MR) is 96.9 cm³/mol. The van der Waals surface area contributed by atoms with Crippen molar-refractivity contribution < 1.29 is 4.74 Å². The van der Waals surface area contributed by atoms with Crippen LogP contribution in [0.25, 0.3) is 0 Å². The van der Waals surface area contributed by atoms with Gasteiger partial charge in [0.2, 0.25) is 0 Å². The SMILES string of the molecule is CC1CCC(C2CCC(OCc3cc(N)cc(N)c3)CC2)CC1. The van der Waals surface area contributed by atoms with Crippen molar-refractivity contribution >= 4 is 11.4 Å². The largest absolute Gasteiger partial charge is 0.399 e. The Morgan fingerprint density at radius 2 is 1.35 bits per heavy atom. The number of rotatable bonds is 4. The Morgan fingerprint density at radius 3 is 1.91 bits per heavy atom. The predicted octanol–water partition coefficient (Wildman–Crippen LogP) is 4.75. The Balaban J connectivity index is 1.42. The summed E-state index contributed by atoms with van der Waals surface area (Å²) in [7, 11) is 0. The third-order valence-corrected chi connectivity index (χ3v) is 5.97. The maximum atomic E-state index is 6.12. The van der Waals surface area contributed by atoms with Crippen LogP contribution in [0.1, 0.15) is 63.9 Å². The van der Waals surface area contributed by atoms with Gasteiger partial charge in [-0.2, -0.15) is 0 Å². The molecule has 1 aromatic carbocycles. The summed E-state index contributed by atoms with van der Waals surface area (Å²) in [5.41, 5.74) is 14.2. The molecule has 0 aliphatic heterocycles. The normalized spacial score (nSPS) is 31.9. The summed E-state index contributed by atoms with van der Waals surface area (Å²) < 4.78 is 6.12. The molecule has 0 atom stereocenters. The van der Waals surface area contributed by atoms with Crippen molar-refractivity contribution in [2.24, 2.45) is 17.8 Å². The first kappa shape index (κ1) is 16.6. The minimum Gasteiger partial charge on any atom is -0.399 e. The molecule has 2 fully saturated rings. The number of ether oxygens (including phenoxy) is 1.